The van der Waals surface area contributed by atoms with Crippen molar-refractivity contribution < 1.29 is 14.0 Å². The fourth-order valence-corrected chi connectivity index (χ4v) is 3.76. The Morgan fingerprint density at radius 3 is 2.69 bits per heavy atom. The molecule has 162 valence electrons. The second-order valence-electron chi connectivity index (χ2n) is 7.90. The van der Waals surface area contributed by atoms with E-state index >= 15 is 4.39 Å². The number of H-pyrrole nitrogens is 1. The number of carbonyl (C=O) groups excluding carboxylic acids is 2. The molecule has 0 aliphatic heterocycles. The van der Waals surface area contributed by atoms with Gasteiger partial charge < -0.3 is 15.6 Å². The molecule has 9 heteroatoms. The number of aromatic amines is 1. The number of pyridine rings is 1. The van der Waals surface area contributed by atoms with Crippen molar-refractivity contribution in [3.63, 3.8) is 0 Å². The number of benzene rings is 1. The maximum atomic E-state index is 15.5. The minimum absolute atomic E-state index is 0.00601. The van der Waals surface area contributed by atoms with E-state index in [0.717, 1.165) is 12.8 Å². The van der Waals surface area contributed by atoms with Gasteiger partial charge in [0.1, 0.15) is 5.82 Å². The van der Waals surface area contributed by atoms with Crippen LogP contribution in [0.3, 0.4) is 0 Å². The monoisotopic (exact) mass is 432 g/mol. The van der Waals surface area contributed by atoms with Gasteiger partial charge in [-0.2, -0.15) is 5.10 Å². The summed E-state index contributed by atoms with van der Waals surface area (Å²) in [6.45, 7) is 0. The molecule has 5 rings (SSSR count). The number of aromatic nitrogens is 4. The maximum Gasteiger partial charge on any atom is 0.253 e. The van der Waals surface area contributed by atoms with E-state index in [9.17, 15) is 9.59 Å². The normalized spacial score (nSPS) is 13.3. The third-order valence-corrected chi connectivity index (χ3v) is 5.63. The van der Waals surface area contributed by atoms with Gasteiger partial charge in [0.15, 0.2) is 5.82 Å². The molecule has 32 heavy (non-hydrogen) atoms. The van der Waals surface area contributed by atoms with Crippen LogP contribution >= 0.6 is 0 Å². The van der Waals surface area contributed by atoms with E-state index < -0.39 is 5.82 Å². The van der Waals surface area contributed by atoms with Gasteiger partial charge >= 0.3 is 0 Å². The number of hydrogen-bond acceptors (Lipinski definition) is 4. The van der Waals surface area contributed by atoms with Crippen molar-refractivity contribution in [3.05, 3.63) is 54.2 Å². The molecule has 0 spiro atoms. The minimum atomic E-state index is -0.412. The number of halogens is 1. The number of rotatable bonds is 5. The molecule has 1 aromatic carbocycles. The van der Waals surface area contributed by atoms with Crippen molar-refractivity contribution in [1.29, 1.82) is 0 Å². The lowest BCUT2D eigenvalue weighted by Gasteiger charge is -2.07. The number of hydrogen-bond donors (Lipinski definition) is 3. The molecule has 1 aliphatic rings. The molecule has 1 fully saturated rings. The third-order valence-electron chi connectivity index (χ3n) is 5.63. The van der Waals surface area contributed by atoms with E-state index in [-0.39, 0.29) is 17.7 Å². The lowest BCUT2D eigenvalue weighted by molar-refractivity contribution is -0.117. The Hall–Kier alpha value is -4.01. The molecule has 1 aliphatic carbocycles. The highest BCUT2D eigenvalue weighted by Gasteiger charge is 2.30. The van der Waals surface area contributed by atoms with Crippen LogP contribution in [-0.2, 0) is 11.8 Å². The molecule has 1 saturated carbocycles. The minimum Gasteiger partial charge on any atom is -0.355 e. The predicted octanol–water partition coefficient (Wildman–Crippen LogP) is 3.48. The van der Waals surface area contributed by atoms with Gasteiger partial charge in [-0.1, -0.05) is 12.1 Å². The van der Waals surface area contributed by atoms with Gasteiger partial charge in [-0.15, -0.1) is 0 Å². The van der Waals surface area contributed by atoms with Crippen molar-refractivity contribution in [2.45, 2.75) is 12.8 Å². The Bertz CT molecular complexity index is 1370. The zero-order valence-electron chi connectivity index (χ0n) is 17.6. The van der Waals surface area contributed by atoms with E-state index in [0.29, 0.717) is 44.7 Å². The predicted molar refractivity (Wildman–Crippen MR) is 118 cm³/mol. The fourth-order valence-electron chi connectivity index (χ4n) is 3.76. The SMILES string of the molecule is CNC(=O)c1cnc(NC(=O)C2CC2)c2[nH]c(-c3cccc(-c4cnn(C)c4)c3F)cc12. The zero-order chi connectivity index (χ0) is 22.4. The van der Waals surface area contributed by atoms with E-state index in [1.54, 1.807) is 48.4 Å². The van der Waals surface area contributed by atoms with E-state index in [2.05, 4.69) is 25.7 Å². The molecule has 3 aromatic heterocycles. The Morgan fingerprint density at radius 2 is 2.00 bits per heavy atom. The number of amides is 2. The number of fused-ring (bicyclic) bond motifs is 1. The van der Waals surface area contributed by atoms with Crippen LogP contribution in [0.5, 0.6) is 0 Å². The number of nitrogens with zero attached hydrogens (tertiary/aromatic N) is 3. The van der Waals surface area contributed by atoms with Crippen molar-refractivity contribution in [2.75, 3.05) is 12.4 Å². The van der Waals surface area contributed by atoms with Gasteiger partial charge in [-0.25, -0.2) is 9.37 Å². The van der Waals surface area contributed by atoms with Crippen LogP contribution in [0, 0.1) is 11.7 Å². The first kappa shape index (κ1) is 19.9. The van der Waals surface area contributed by atoms with E-state index in [4.69, 9.17) is 0 Å². The standard InChI is InChI=1S/C23H21FN6O2/c1-25-23(32)17-10-26-21(29-22(31)12-6-7-12)20-16(17)8-18(28-20)15-5-3-4-14(19(15)24)13-9-27-30(2)11-13/h3-5,8-12,28H,6-7H2,1-2H3,(H,25,32)(H,26,29,31). The van der Waals surface area contributed by atoms with Gasteiger partial charge in [0.2, 0.25) is 5.91 Å². The molecule has 4 aromatic rings. The summed E-state index contributed by atoms with van der Waals surface area (Å²) in [4.78, 5) is 32.2. The number of anilines is 1. The van der Waals surface area contributed by atoms with Gasteiger partial charge in [0.25, 0.3) is 5.91 Å². The Morgan fingerprint density at radius 1 is 1.22 bits per heavy atom. The second kappa shape index (κ2) is 7.60. The van der Waals surface area contributed by atoms with Crippen molar-refractivity contribution >= 4 is 28.5 Å². The summed E-state index contributed by atoms with van der Waals surface area (Å²) < 4.78 is 17.1. The zero-order valence-corrected chi connectivity index (χ0v) is 17.6. The fraction of sp³-hybridized carbons (Fsp3) is 0.217. The average Bonchev–Trinajstić information content (AvgIpc) is 3.41. The van der Waals surface area contributed by atoms with Gasteiger partial charge in [-0.05, 0) is 25.0 Å². The number of carbonyl (C=O) groups is 2. The Labute approximate surface area is 182 Å². The van der Waals surface area contributed by atoms with Crippen LogP contribution in [0.2, 0.25) is 0 Å². The number of aryl methyl sites for hydroxylation is 1. The summed E-state index contributed by atoms with van der Waals surface area (Å²) in [5, 5.41) is 10.1. The topological polar surface area (TPSA) is 105 Å². The number of nitrogens with one attached hydrogen (secondary N) is 3. The van der Waals surface area contributed by atoms with Gasteiger partial charge in [0, 0.05) is 60.2 Å². The quantitative estimate of drug-likeness (QED) is 0.449. The largest absolute Gasteiger partial charge is 0.355 e. The molecular weight excluding hydrogens is 411 g/mol. The summed E-state index contributed by atoms with van der Waals surface area (Å²) >= 11 is 0. The van der Waals surface area contributed by atoms with Crippen molar-refractivity contribution in [2.24, 2.45) is 13.0 Å². The molecule has 2 amide bonds. The molecule has 8 nitrogen and oxygen atoms in total. The molecular formula is C23H21FN6O2. The summed E-state index contributed by atoms with van der Waals surface area (Å²) in [6, 6.07) is 6.83. The molecule has 0 atom stereocenters. The van der Waals surface area contributed by atoms with Crippen molar-refractivity contribution in [3.8, 4) is 22.4 Å². The summed E-state index contributed by atoms with van der Waals surface area (Å²) in [6.07, 6.45) is 6.48. The van der Waals surface area contributed by atoms with Gasteiger partial charge in [0.05, 0.1) is 17.3 Å². The van der Waals surface area contributed by atoms with Crippen LogP contribution in [0.4, 0.5) is 10.2 Å². The molecule has 0 saturated heterocycles. The first-order valence-electron chi connectivity index (χ1n) is 10.3. The van der Waals surface area contributed by atoms with Crippen LogP contribution in [-0.4, -0.2) is 38.6 Å². The smallest absolute Gasteiger partial charge is 0.253 e. The Balaban J connectivity index is 1.65. The molecule has 3 N–H and O–H groups in total. The highest BCUT2D eigenvalue weighted by Crippen LogP contribution is 2.35. The van der Waals surface area contributed by atoms with E-state index in [1.807, 2.05) is 0 Å². The van der Waals surface area contributed by atoms with Gasteiger partial charge in [-0.3, -0.25) is 14.3 Å². The van der Waals surface area contributed by atoms with E-state index in [1.165, 1.54) is 13.2 Å². The molecule has 0 unspecified atom stereocenters. The highest BCUT2D eigenvalue weighted by atomic mass is 19.1. The van der Waals surface area contributed by atoms with Crippen LogP contribution in [0.1, 0.15) is 23.2 Å². The summed E-state index contributed by atoms with van der Waals surface area (Å²) in [5.74, 6) is -0.525. The van der Waals surface area contributed by atoms with Crippen LogP contribution in [0.15, 0.2) is 42.9 Å². The lowest BCUT2D eigenvalue weighted by Crippen LogP contribution is -2.19. The second-order valence-corrected chi connectivity index (χ2v) is 7.90. The molecule has 0 radical (unpaired) electrons. The molecule has 3 heterocycles. The molecule has 0 bridgehead atoms. The average molecular weight is 432 g/mol. The maximum absolute atomic E-state index is 15.5. The first-order chi connectivity index (χ1) is 15.5. The Kier molecular flexibility index (Phi) is 4.73. The van der Waals surface area contributed by atoms with Crippen molar-refractivity contribution in [1.82, 2.24) is 25.1 Å². The summed E-state index contributed by atoms with van der Waals surface area (Å²) in [7, 11) is 3.30. The lowest BCUT2D eigenvalue weighted by atomic mass is 10.0. The summed E-state index contributed by atoms with van der Waals surface area (Å²) in [5.41, 5.74) is 2.70. The van der Waals surface area contributed by atoms with Crippen LogP contribution < -0.4 is 10.6 Å². The highest BCUT2D eigenvalue weighted by molar-refractivity contribution is 6.11. The van der Waals surface area contributed by atoms with Crippen LogP contribution in [0.25, 0.3) is 33.3 Å². The third kappa shape index (κ3) is 3.41. The first-order valence-corrected chi connectivity index (χ1v) is 10.3.